The van der Waals surface area contributed by atoms with Crippen LogP contribution in [0.25, 0.3) is 6.08 Å². The van der Waals surface area contributed by atoms with Gasteiger partial charge in [-0.05, 0) is 42.0 Å². The van der Waals surface area contributed by atoms with Gasteiger partial charge in [0.05, 0.1) is 17.2 Å². The Hall–Kier alpha value is -3.19. The van der Waals surface area contributed by atoms with Crippen molar-refractivity contribution < 1.29 is 14.3 Å². The number of halogens is 2. The molecule has 0 fully saturated rings. The van der Waals surface area contributed by atoms with E-state index in [4.69, 9.17) is 37.9 Å². The van der Waals surface area contributed by atoms with Gasteiger partial charge in [-0.15, -0.1) is 0 Å². The monoisotopic (exact) mass is 401 g/mol. The molecule has 0 radical (unpaired) electrons. The van der Waals surface area contributed by atoms with Crippen LogP contribution < -0.4 is 14.8 Å². The van der Waals surface area contributed by atoms with E-state index in [0.717, 1.165) is 0 Å². The second-order valence-corrected chi connectivity index (χ2v) is 5.92. The second-order valence-electron chi connectivity index (χ2n) is 5.11. The van der Waals surface area contributed by atoms with Gasteiger partial charge >= 0.3 is 0 Å². The maximum Gasteiger partial charge on any atom is 0.266 e. The van der Waals surface area contributed by atoms with Gasteiger partial charge < -0.3 is 14.8 Å². The maximum absolute atomic E-state index is 12.3. The van der Waals surface area contributed by atoms with Gasteiger partial charge in [0, 0.05) is 5.69 Å². The number of amides is 1. The first kappa shape index (κ1) is 20.1. The third kappa shape index (κ3) is 5.39. The highest BCUT2D eigenvalue weighted by molar-refractivity contribution is 6.42. The van der Waals surface area contributed by atoms with Crippen molar-refractivity contribution in [2.75, 3.05) is 19.0 Å². The summed E-state index contributed by atoms with van der Waals surface area (Å²) in [7, 11) is 1.45. The Morgan fingerprint density at radius 1 is 1.15 bits per heavy atom. The van der Waals surface area contributed by atoms with E-state index in [1.54, 1.807) is 30.3 Å². The number of anilines is 1. The Morgan fingerprint density at radius 3 is 2.56 bits per heavy atom. The highest BCUT2D eigenvalue weighted by Crippen LogP contribution is 2.29. The fraction of sp³-hybridized carbons (Fsp3) is 0.105. The number of methoxy groups -OCH3 is 1. The van der Waals surface area contributed by atoms with Crippen LogP contribution >= 0.6 is 23.2 Å². The number of benzene rings is 2. The molecule has 2 aromatic rings. The van der Waals surface area contributed by atoms with Gasteiger partial charge in [-0.1, -0.05) is 29.3 Å². The van der Waals surface area contributed by atoms with Crippen molar-refractivity contribution >= 4 is 40.9 Å². The molecule has 0 aliphatic rings. The second kappa shape index (κ2) is 9.49. The summed E-state index contributed by atoms with van der Waals surface area (Å²) in [5, 5.41) is 21.1. The van der Waals surface area contributed by atoms with Crippen molar-refractivity contribution in [3.63, 3.8) is 0 Å². The third-order valence-electron chi connectivity index (χ3n) is 3.33. The molecule has 8 heteroatoms. The molecule has 0 aromatic heterocycles. The van der Waals surface area contributed by atoms with E-state index >= 15 is 0 Å². The van der Waals surface area contributed by atoms with Crippen LogP contribution in [0, 0.1) is 22.7 Å². The zero-order valence-corrected chi connectivity index (χ0v) is 15.6. The summed E-state index contributed by atoms with van der Waals surface area (Å²) in [6.45, 7) is -0.124. The Labute approximate surface area is 166 Å². The van der Waals surface area contributed by atoms with Crippen molar-refractivity contribution in [3.05, 3.63) is 57.6 Å². The summed E-state index contributed by atoms with van der Waals surface area (Å²) in [6, 6.07) is 13.2. The first-order chi connectivity index (χ1) is 13.0. The predicted molar refractivity (Wildman–Crippen MR) is 103 cm³/mol. The largest absolute Gasteiger partial charge is 0.493 e. The predicted octanol–water partition coefficient (Wildman–Crippen LogP) is 4.45. The molecular formula is C19H13Cl2N3O3. The molecule has 1 amide bonds. The van der Waals surface area contributed by atoms with E-state index in [-0.39, 0.29) is 17.2 Å². The van der Waals surface area contributed by atoms with Crippen LogP contribution in [0.2, 0.25) is 10.0 Å². The normalized spacial score (nSPS) is 10.5. The van der Waals surface area contributed by atoms with Crippen LogP contribution in [0.5, 0.6) is 11.5 Å². The molecule has 2 rings (SSSR count). The molecule has 0 spiro atoms. The molecule has 0 bridgehead atoms. The maximum atomic E-state index is 12.3. The fourth-order valence-electron chi connectivity index (χ4n) is 2.09. The number of nitriles is 2. The molecule has 0 aliphatic carbocycles. The number of hydrogen-bond donors (Lipinski definition) is 1. The van der Waals surface area contributed by atoms with Gasteiger partial charge in [-0.2, -0.15) is 10.5 Å². The highest BCUT2D eigenvalue weighted by atomic mass is 35.5. The summed E-state index contributed by atoms with van der Waals surface area (Å²) in [5.41, 5.74) is 0.846. The van der Waals surface area contributed by atoms with E-state index in [1.807, 2.05) is 12.1 Å². The van der Waals surface area contributed by atoms with E-state index < -0.39 is 5.91 Å². The molecule has 0 saturated carbocycles. The fourth-order valence-corrected chi connectivity index (χ4v) is 2.39. The Kier molecular flexibility index (Phi) is 7.08. The van der Waals surface area contributed by atoms with Crippen LogP contribution in [-0.2, 0) is 4.79 Å². The van der Waals surface area contributed by atoms with Crippen molar-refractivity contribution in [1.82, 2.24) is 0 Å². The lowest BCUT2D eigenvalue weighted by atomic mass is 10.1. The highest BCUT2D eigenvalue weighted by Gasteiger charge is 2.12. The minimum absolute atomic E-state index is 0.117. The molecule has 0 aliphatic heterocycles. The van der Waals surface area contributed by atoms with Gasteiger partial charge in [-0.3, -0.25) is 4.79 Å². The van der Waals surface area contributed by atoms with E-state index in [2.05, 4.69) is 5.32 Å². The SMILES string of the molecule is COc1cc(/C=C(\C#N)C(=O)Nc2ccc(Cl)c(Cl)c2)ccc1OCC#N. The minimum Gasteiger partial charge on any atom is -0.493 e. The quantitative estimate of drug-likeness (QED) is 0.569. The first-order valence-electron chi connectivity index (χ1n) is 7.54. The van der Waals surface area contributed by atoms with Crippen molar-refractivity contribution in [2.45, 2.75) is 0 Å². The number of carbonyl (C=O) groups excluding carboxylic acids is 1. The number of carbonyl (C=O) groups is 1. The van der Waals surface area contributed by atoms with Crippen LogP contribution in [0.3, 0.4) is 0 Å². The number of hydrogen-bond acceptors (Lipinski definition) is 5. The van der Waals surface area contributed by atoms with Crippen LogP contribution in [0.1, 0.15) is 5.56 Å². The number of nitrogens with one attached hydrogen (secondary N) is 1. The minimum atomic E-state index is -0.598. The van der Waals surface area contributed by atoms with E-state index in [0.29, 0.717) is 27.8 Å². The summed E-state index contributed by atoms with van der Waals surface area (Å²) >= 11 is 11.8. The van der Waals surface area contributed by atoms with Gasteiger partial charge in [0.15, 0.2) is 18.1 Å². The summed E-state index contributed by atoms with van der Waals surface area (Å²) in [4.78, 5) is 12.3. The average Bonchev–Trinajstić information content (AvgIpc) is 2.67. The van der Waals surface area contributed by atoms with E-state index in [1.165, 1.54) is 19.3 Å². The summed E-state index contributed by atoms with van der Waals surface area (Å²) < 4.78 is 10.4. The zero-order valence-electron chi connectivity index (χ0n) is 14.1. The first-order valence-corrected chi connectivity index (χ1v) is 8.30. The van der Waals surface area contributed by atoms with Gasteiger partial charge in [-0.25, -0.2) is 0 Å². The summed E-state index contributed by atoms with van der Waals surface area (Å²) in [6.07, 6.45) is 1.41. The lowest BCUT2D eigenvalue weighted by Gasteiger charge is -2.09. The Bertz CT molecular complexity index is 975. The number of rotatable bonds is 6. The van der Waals surface area contributed by atoms with Gasteiger partial charge in [0.25, 0.3) is 5.91 Å². The molecule has 0 heterocycles. The molecule has 0 unspecified atom stereocenters. The van der Waals surface area contributed by atoms with Crippen LogP contribution in [0.4, 0.5) is 5.69 Å². The van der Waals surface area contributed by atoms with Crippen molar-refractivity contribution in [3.8, 4) is 23.6 Å². The van der Waals surface area contributed by atoms with E-state index in [9.17, 15) is 10.1 Å². The van der Waals surface area contributed by atoms with Crippen LogP contribution in [-0.4, -0.2) is 19.6 Å². The molecule has 136 valence electrons. The molecule has 2 aromatic carbocycles. The van der Waals surface area contributed by atoms with Crippen molar-refractivity contribution in [1.29, 1.82) is 10.5 Å². The molecule has 27 heavy (non-hydrogen) atoms. The topological polar surface area (TPSA) is 95.1 Å². The molecule has 1 N–H and O–H groups in total. The third-order valence-corrected chi connectivity index (χ3v) is 4.07. The van der Waals surface area contributed by atoms with Crippen molar-refractivity contribution in [2.24, 2.45) is 0 Å². The van der Waals surface area contributed by atoms with Gasteiger partial charge in [0.2, 0.25) is 0 Å². The lowest BCUT2D eigenvalue weighted by Crippen LogP contribution is -2.13. The van der Waals surface area contributed by atoms with Crippen LogP contribution in [0.15, 0.2) is 42.0 Å². The van der Waals surface area contributed by atoms with Gasteiger partial charge in [0.1, 0.15) is 17.7 Å². The number of nitrogens with zero attached hydrogens (tertiary/aromatic N) is 2. The summed E-state index contributed by atoms with van der Waals surface area (Å²) in [5.74, 6) is 0.163. The molecular weight excluding hydrogens is 389 g/mol. The standard InChI is InChI=1S/C19H13Cl2N3O3/c1-26-18-9-12(2-5-17(18)27-7-6-22)8-13(11-23)19(25)24-14-3-4-15(20)16(21)10-14/h2-5,8-10H,7H2,1H3,(H,24,25)/b13-8+. The molecule has 6 nitrogen and oxygen atoms in total. The smallest absolute Gasteiger partial charge is 0.266 e. The molecule has 0 atom stereocenters. The number of ether oxygens (including phenoxy) is 2. The Balaban J connectivity index is 2.24. The Morgan fingerprint density at radius 2 is 1.93 bits per heavy atom. The average molecular weight is 402 g/mol. The zero-order chi connectivity index (χ0) is 19.8. The lowest BCUT2D eigenvalue weighted by molar-refractivity contribution is -0.112. The molecule has 0 saturated heterocycles.